The molecule has 1 aromatic carbocycles. The normalized spacial score (nSPS) is 15.4. The van der Waals surface area contributed by atoms with Gasteiger partial charge in [0.2, 0.25) is 5.91 Å². The molecule has 26 heavy (non-hydrogen) atoms. The van der Waals surface area contributed by atoms with E-state index in [9.17, 15) is 9.59 Å². The van der Waals surface area contributed by atoms with Crippen molar-refractivity contribution in [1.82, 2.24) is 10.3 Å². The lowest BCUT2D eigenvalue weighted by Crippen LogP contribution is -2.41. The van der Waals surface area contributed by atoms with Gasteiger partial charge in [0, 0.05) is 16.9 Å². The number of anilines is 1. The van der Waals surface area contributed by atoms with Crippen LogP contribution in [-0.4, -0.2) is 22.8 Å². The molecule has 3 rings (SSSR count). The fourth-order valence-electron chi connectivity index (χ4n) is 2.59. The van der Waals surface area contributed by atoms with Crippen molar-refractivity contribution in [2.75, 3.05) is 5.32 Å². The molecule has 1 atom stereocenters. The lowest BCUT2D eigenvalue weighted by atomic mass is 9.86. The molecule has 1 saturated carbocycles. The van der Waals surface area contributed by atoms with Gasteiger partial charge in [-0.3, -0.25) is 9.59 Å². The van der Waals surface area contributed by atoms with Crippen LogP contribution < -0.4 is 10.6 Å². The standard InChI is InChI=1S/C20H25N3O2S/c1-12(17(24)23-19-22-16(11-26-19)13-5-6-13)21-18(25)14-7-9-15(10-8-14)20(2,3)4/h7-13H,5-6H2,1-4H3,(H,21,25)(H,22,23,24). The minimum atomic E-state index is -0.641. The lowest BCUT2D eigenvalue weighted by Gasteiger charge is -2.19. The summed E-state index contributed by atoms with van der Waals surface area (Å²) in [6, 6.07) is 6.86. The molecule has 2 N–H and O–H groups in total. The third-order valence-electron chi connectivity index (χ3n) is 4.50. The van der Waals surface area contributed by atoms with Crippen molar-refractivity contribution in [3.63, 3.8) is 0 Å². The minimum absolute atomic E-state index is 0.0369. The zero-order chi connectivity index (χ0) is 18.9. The van der Waals surface area contributed by atoms with Crippen LogP contribution >= 0.6 is 11.3 Å². The number of thiazole rings is 1. The molecule has 0 radical (unpaired) electrons. The van der Waals surface area contributed by atoms with Gasteiger partial charge in [0.1, 0.15) is 6.04 Å². The summed E-state index contributed by atoms with van der Waals surface area (Å²) in [5, 5.41) is 8.11. The van der Waals surface area contributed by atoms with E-state index < -0.39 is 6.04 Å². The van der Waals surface area contributed by atoms with Crippen molar-refractivity contribution in [1.29, 1.82) is 0 Å². The fraction of sp³-hybridized carbons (Fsp3) is 0.450. The molecule has 0 bridgehead atoms. The molecular weight excluding hydrogens is 346 g/mol. The summed E-state index contributed by atoms with van der Waals surface area (Å²) in [6.45, 7) is 8.05. The van der Waals surface area contributed by atoms with E-state index in [-0.39, 0.29) is 17.2 Å². The Morgan fingerprint density at radius 3 is 2.42 bits per heavy atom. The van der Waals surface area contributed by atoms with Gasteiger partial charge in [-0.15, -0.1) is 11.3 Å². The summed E-state index contributed by atoms with van der Waals surface area (Å²) in [5.41, 5.74) is 2.80. The summed E-state index contributed by atoms with van der Waals surface area (Å²) in [7, 11) is 0. The molecule has 5 nitrogen and oxygen atoms in total. The second kappa shape index (κ2) is 7.19. The molecule has 1 heterocycles. The Kier molecular flexibility index (Phi) is 5.14. The van der Waals surface area contributed by atoms with E-state index in [1.165, 1.54) is 24.2 Å². The number of hydrogen-bond acceptors (Lipinski definition) is 4. The zero-order valence-corrected chi connectivity index (χ0v) is 16.4. The number of amides is 2. The number of benzene rings is 1. The maximum absolute atomic E-state index is 12.4. The number of rotatable bonds is 5. The largest absolute Gasteiger partial charge is 0.341 e. The highest BCUT2D eigenvalue weighted by Crippen LogP contribution is 2.40. The average Bonchev–Trinajstić information content (AvgIpc) is 3.34. The Morgan fingerprint density at radius 2 is 1.85 bits per heavy atom. The first-order valence-electron chi connectivity index (χ1n) is 8.92. The van der Waals surface area contributed by atoms with Gasteiger partial charge in [-0.1, -0.05) is 32.9 Å². The summed E-state index contributed by atoms with van der Waals surface area (Å²) >= 11 is 1.43. The third kappa shape index (κ3) is 4.49. The van der Waals surface area contributed by atoms with Crippen molar-refractivity contribution >= 4 is 28.3 Å². The highest BCUT2D eigenvalue weighted by Gasteiger charge is 2.26. The van der Waals surface area contributed by atoms with Crippen LogP contribution in [0.4, 0.5) is 5.13 Å². The van der Waals surface area contributed by atoms with Crippen molar-refractivity contribution < 1.29 is 9.59 Å². The smallest absolute Gasteiger partial charge is 0.251 e. The second-order valence-electron chi connectivity index (χ2n) is 7.86. The van der Waals surface area contributed by atoms with E-state index in [4.69, 9.17) is 0 Å². The molecular formula is C20H25N3O2S. The molecule has 0 spiro atoms. The molecule has 2 amide bonds. The van der Waals surface area contributed by atoms with E-state index in [0.29, 0.717) is 16.6 Å². The van der Waals surface area contributed by atoms with Gasteiger partial charge in [0.25, 0.3) is 5.91 Å². The maximum Gasteiger partial charge on any atom is 0.251 e. The molecule has 1 aliphatic rings. The second-order valence-corrected chi connectivity index (χ2v) is 8.72. The molecule has 0 saturated heterocycles. The van der Waals surface area contributed by atoms with E-state index in [0.717, 1.165) is 11.3 Å². The van der Waals surface area contributed by atoms with Crippen molar-refractivity contribution in [2.45, 2.75) is 57.9 Å². The van der Waals surface area contributed by atoms with Crippen molar-refractivity contribution in [3.8, 4) is 0 Å². The van der Waals surface area contributed by atoms with E-state index in [1.807, 2.05) is 17.5 Å². The zero-order valence-electron chi connectivity index (χ0n) is 15.6. The van der Waals surface area contributed by atoms with Crippen LogP contribution in [0.25, 0.3) is 0 Å². The quantitative estimate of drug-likeness (QED) is 0.832. The van der Waals surface area contributed by atoms with Crippen LogP contribution in [0, 0.1) is 0 Å². The van der Waals surface area contributed by atoms with E-state index >= 15 is 0 Å². The third-order valence-corrected chi connectivity index (χ3v) is 5.28. The predicted octanol–water partition coefficient (Wildman–Crippen LogP) is 4.08. The van der Waals surface area contributed by atoms with Crippen molar-refractivity contribution in [3.05, 3.63) is 46.5 Å². The molecule has 1 unspecified atom stereocenters. The van der Waals surface area contributed by atoms with Gasteiger partial charge in [-0.25, -0.2) is 4.98 Å². The van der Waals surface area contributed by atoms with Crippen LogP contribution in [0.1, 0.15) is 68.1 Å². The Morgan fingerprint density at radius 1 is 1.19 bits per heavy atom. The van der Waals surface area contributed by atoms with Crippen LogP contribution in [0.15, 0.2) is 29.6 Å². The van der Waals surface area contributed by atoms with Crippen LogP contribution in [0.2, 0.25) is 0 Å². The van der Waals surface area contributed by atoms with Crippen molar-refractivity contribution in [2.24, 2.45) is 0 Å². The molecule has 6 heteroatoms. The maximum atomic E-state index is 12.4. The van der Waals surface area contributed by atoms with Gasteiger partial charge >= 0.3 is 0 Å². The number of hydrogen-bond donors (Lipinski definition) is 2. The Balaban J connectivity index is 1.56. The molecule has 1 fully saturated rings. The number of nitrogens with zero attached hydrogens (tertiary/aromatic N) is 1. The first-order chi connectivity index (χ1) is 12.2. The Hall–Kier alpha value is -2.21. The molecule has 1 aromatic heterocycles. The first kappa shape index (κ1) is 18.6. The number of aromatic nitrogens is 1. The summed E-state index contributed by atoms with van der Waals surface area (Å²) < 4.78 is 0. The number of carbonyl (C=O) groups is 2. The highest BCUT2D eigenvalue weighted by atomic mass is 32.1. The SMILES string of the molecule is CC(NC(=O)c1ccc(C(C)(C)C)cc1)C(=O)Nc1nc(C2CC2)cs1. The van der Waals surface area contributed by atoms with Gasteiger partial charge in [-0.05, 0) is 42.9 Å². The summed E-state index contributed by atoms with van der Waals surface area (Å²) in [6.07, 6.45) is 2.36. The Labute approximate surface area is 158 Å². The van der Waals surface area contributed by atoms with E-state index in [2.05, 4.69) is 36.4 Å². The van der Waals surface area contributed by atoms with E-state index in [1.54, 1.807) is 19.1 Å². The number of carbonyl (C=O) groups excluding carboxylic acids is 2. The topological polar surface area (TPSA) is 71.1 Å². The fourth-order valence-corrected chi connectivity index (χ4v) is 3.39. The van der Waals surface area contributed by atoms with Gasteiger partial charge in [0.05, 0.1) is 5.69 Å². The molecule has 0 aliphatic heterocycles. The van der Waals surface area contributed by atoms with Crippen LogP contribution in [0.5, 0.6) is 0 Å². The number of nitrogens with one attached hydrogen (secondary N) is 2. The lowest BCUT2D eigenvalue weighted by molar-refractivity contribution is -0.117. The average molecular weight is 372 g/mol. The first-order valence-corrected chi connectivity index (χ1v) is 9.79. The highest BCUT2D eigenvalue weighted by molar-refractivity contribution is 7.13. The van der Waals surface area contributed by atoms with Gasteiger partial charge in [0.15, 0.2) is 5.13 Å². The summed E-state index contributed by atoms with van der Waals surface area (Å²) in [5.74, 6) is 0.0392. The van der Waals surface area contributed by atoms with Crippen LogP contribution in [0.3, 0.4) is 0 Å². The molecule has 2 aromatic rings. The predicted molar refractivity (Wildman–Crippen MR) is 105 cm³/mol. The minimum Gasteiger partial charge on any atom is -0.341 e. The van der Waals surface area contributed by atoms with Gasteiger partial charge in [-0.2, -0.15) is 0 Å². The molecule has 138 valence electrons. The Bertz CT molecular complexity index is 801. The van der Waals surface area contributed by atoms with Crippen LogP contribution in [-0.2, 0) is 10.2 Å². The molecule has 1 aliphatic carbocycles. The monoisotopic (exact) mass is 371 g/mol. The van der Waals surface area contributed by atoms with Gasteiger partial charge < -0.3 is 10.6 Å². The summed E-state index contributed by atoms with van der Waals surface area (Å²) in [4.78, 5) is 29.1.